The third kappa shape index (κ3) is 2.12. The van der Waals surface area contributed by atoms with E-state index in [0.29, 0.717) is 17.9 Å². The number of benzene rings is 1. The Hall–Kier alpha value is -1.35. The molecule has 0 saturated heterocycles. The van der Waals surface area contributed by atoms with E-state index in [9.17, 15) is 4.79 Å². The summed E-state index contributed by atoms with van der Waals surface area (Å²) in [5, 5.41) is 0. The summed E-state index contributed by atoms with van der Waals surface area (Å²) < 4.78 is 5.03. The van der Waals surface area contributed by atoms with Crippen molar-refractivity contribution in [2.75, 3.05) is 13.7 Å². The number of aldehydes is 1. The van der Waals surface area contributed by atoms with Crippen LogP contribution >= 0.6 is 0 Å². The van der Waals surface area contributed by atoms with Crippen LogP contribution < -0.4 is 10.5 Å². The van der Waals surface area contributed by atoms with E-state index in [2.05, 4.69) is 0 Å². The lowest BCUT2D eigenvalue weighted by Crippen LogP contribution is -2.10. The molecule has 1 atom stereocenters. The highest BCUT2D eigenvalue weighted by atomic mass is 16.5. The lowest BCUT2D eigenvalue weighted by atomic mass is 9.96. The SMILES string of the molecule is COc1ccc(C(C)CN)c(C=O)c1. The van der Waals surface area contributed by atoms with Crippen LogP contribution in [0.1, 0.15) is 28.8 Å². The Kier molecular flexibility index (Phi) is 3.65. The highest BCUT2D eigenvalue weighted by molar-refractivity contribution is 5.78. The predicted molar refractivity (Wildman–Crippen MR) is 55.9 cm³/mol. The lowest BCUT2D eigenvalue weighted by molar-refractivity contribution is 0.112. The van der Waals surface area contributed by atoms with Crippen molar-refractivity contribution in [3.63, 3.8) is 0 Å². The molecule has 0 heterocycles. The molecular weight excluding hydrogens is 178 g/mol. The van der Waals surface area contributed by atoms with Crippen LogP contribution in [0.5, 0.6) is 5.75 Å². The van der Waals surface area contributed by atoms with Crippen LogP contribution in [0.15, 0.2) is 18.2 Å². The molecule has 0 fully saturated rings. The molecule has 0 aliphatic heterocycles. The first-order valence-corrected chi connectivity index (χ1v) is 4.56. The van der Waals surface area contributed by atoms with Gasteiger partial charge >= 0.3 is 0 Å². The Morgan fingerprint density at radius 1 is 1.57 bits per heavy atom. The van der Waals surface area contributed by atoms with Crippen molar-refractivity contribution in [1.82, 2.24) is 0 Å². The summed E-state index contributed by atoms with van der Waals surface area (Å²) in [5.41, 5.74) is 7.18. The average molecular weight is 193 g/mol. The molecule has 76 valence electrons. The van der Waals surface area contributed by atoms with E-state index >= 15 is 0 Å². The zero-order valence-electron chi connectivity index (χ0n) is 8.49. The summed E-state index contributed by atoms with van der Waals surface area (Å²) >= 11 is 0. The summed E-state index contributed by atoms with van der Waals surface area (Å²) in [6.45, 7) is 2.53. The van der Waals surface area contributed by atoms with Gasteiger partial charge in [0.1, 0.15) is 12.0 Å². The second kappa shape index (κ2) is 4.77. The van der Waals surface area contributed by atoms with Crippen LogP contribution in [0.3, 0.4) is 0 Å². The van der Waals surface area contributed by atoms with Gasteiger partial charge in [-0.25, -0.2) is 0 Å². The normalized spacial score (nSPS) is 12.2. The van der Waals surface area contributed by atoms with Crippen LogP contribution in [0.2, 0.25) is 0 Å². The zero-order chi connectivity index (χ0) is 10.6. The summed E-state index contributed by atoms with van der Waals surface area (Å²) in [6, 6.07) is 5.46. The largest absolute Gasteiger partial charge is 0.497 e. The third-order valence-electron chi connectivity index (χ3n) is 2.31. The quantitative estimate of drug-likeness (QED) is 0.738. The number of rotatable bonds is 4. The van der Waals surface area contributed by atoms with Gasteiger partial charge in [0.2, 0.25) is 0 Å². The van der Waals surface area contributed by atoms with Crippen molar-refractivity contribution in [2.45, 2.75) is 12.8 Å². The van der Waals surface area contributed by atoms with E-state index in [-0.39, 0.29) is 5.92 Å². The Morgan fingerprint density at radius 2 is 2.29 bits per heavy atom. The van der Waals surface area contributed by atoms with Gasteiger partial charge in [-0.1, -0.05) is 13.0 Å². The predicted octanol–water partition coefficient (Wildman–Crippen LogP) is 1.57. The first-order chi connectivity index (χ1) is 6.72. The molecule has 0 spiro atoms. The van der Waals surface area contributed by atoms with Crippen LogP contribution in [-0.2, 0) is 0 Å². The van der Waals surface area contributed by atoms with Crippen molar-refractivity contribution in [3.05, 3.63) is 29.3 Å². The number of hydrogen-bond acceptors (Lipinski definition) is 3. The minimum atomic E-state index is 0.195. The lowest BCUT2D eigenvalue weighted by Gasteiger charge is -2.12. The molecule has 0 amide bonds. The monoisotopic (exact) mass is 193 g/mol. The molecule has 0 bridgehead atoms. The molecule has 0 aliphatic carbocycles. The van der Waals surface area contributed by atoms with Gasteiger partial charge in [0.05, 0.1) is 7.11 Å². The van der Waals surface area contributed by atoms with E-state index in [0.717, 1.165) is 11.8 Å². The number of ether oxygens (including phenoxy) is 1. The van der Waals surface area contributed by atoms with E-state index in [1.54, 1.807) is 13.2 Å². The smallest absolute Gasteiger partial charge is 0.150 e. The Balaban J connectivity index is 3.11. The Morgan fingerprint density at radius 3 is 2.79 bits per heavy atom. The minimum absolute atomic E-state index is 0.195. The van der Waals surface area contributed by atoms with Crippen molar-refractivity contribution < 1.29 is 9.53 Å². The van der Waals surface area contributed by atoms with Crippen LogP contribution in [0.25, 0.3) is 0 Å². The summed E-state index contributed by atoms with van der Waals surface area (Å²) in [7, 11) is 1.58. The summed E-state index contributed by atoms with van der Waals surface area (Å²) in [6.07, 6.45) is 0.837. The van der Waals surface area contributed by atoms with Crippen LogP contribution in [0.4, 0.5) is 0 Å². The third-order valence-corrected chi connectivity index (χ3v) is 2.31. The van der Waals surface area contributed by atoms with Crippen molar-refractivity contribution in [3.8, 4) is 5.75 Å². The van der Waals surface area contributed by atoms with E-state index < -0.39 is 0 Å². The fraction of sp³-hybridized carbons (Fsp3) is 0.364. The maximum absolute atomic E-state index is 10.8. The molecule has 1 unspecified atom stereocenters. The number of methoxy groups -OCH3 is 1. The maximum atomic E-state index is 10.8. The van der Waals surface area contributed by atoms with Gasteiger partial charge in [0.15, 0.2) is 0 Å². The summed E-state index contributed by atoms with van der Waals surface area (Å²) in [5.74, 6) is 0.890. The number of carbonyl (C=O) groups is 1. The molecule has 0 saturated carbocycles. The minimum Gasteiger partial charge on any atom is -0.497 e. The van der Waals surface area contributed by atoms with Crippen molar-refractivity contribution >= 4 is 6.29 Å². The standard InChI is InChI=1S/C11H15NO2/c1-8(6-12)11-4-3-10(14-2)5-9(11)7-13/h3-5,7-8H,6,12H2,1-2H3. The van der Waals surface area contributed by atoms with E-state index in [1.807, 2.05) is 19.1 Å². The van der Waals surface area contributed by atoms with Gasteiger partial charge < -0.3 is 10.5 Å². The molecule has 1 aromatic carbocycles. The van der Waals surface area contributed by atoms with Crippen LogP contribution in [-0.4, -0.2) is 19.9 Å². The van der Waals surface area contributed by atoms with Crippen molar-refractivity contribution in [1.29, 1.82) is 0 Å². The van der Waals surface area contributed by atoms with Gasteiger partial charge in [0, 0.05) is 5.56 Å². The molecule has 3 heteroatoms. The average Bonchev–Trinajstić information content (AvgIpc) is 2.27. The van der Waals surface area contributed by atoms with Gasteiger partial charge in [-0.3, -0.25) is 4.79 Å². The number of carbonyl (C=O) groups excluding carboxylic acids is 1. The van der Waals surface area contributed by atoms with E-state index in [4.69, 9.17) is 10.5 Å². The van der Waals surface area contributed by atoms with E-state index in [1.165, 1.54) is 0 Å². The fourth-order valence-electron chi connectivity index (χ4n) is 1.36. The second-order valence-corrected chi connectivity index (χ2v) is 3.25. The first-order valence-electron chi connectivity index (χ1n) is 4.56. The molecule has 3 nitrogen and oxygen atoms in total. The molecular formula is C11H15NO2. The molecule has 0 radical (unpaired) electrons. The maximum Gasteiger partial charge on any atom is 0.150 e. The molecule has 0 aliphatic rings. The fourth-order valence-corrected chi connectivity index (χ4v) is 1.36. The van der Waals surface area contributed by atoms with Gasteiger partial charge in [-0.15, -0.1) is 0 Å². The van der Waals surface area contributed by atoms with Gasteiger partial charge in [-0.05, 0) is 30.2 Å². The highest BCUT2D eigenvalue weighted by Gasteiger charge is 2.09. The molecule has 14 heavy (non-hydrogen) atoms. The molecule has 0 aromatic heterocycles. The van der Waals surface area contributed by atoms with Gasteiger partial charge in [-0.2, -0.15) is 0 Å². The van der Waals surface area contributed by atoms with Gasteiger partial charge in [0.25, 0.3) is 0 Å². The number of nitrogens with two attached hydrogens (primary N) is 1. The Labute approximate surface area is 83.9 Å². The molecule has 2 N–H and O–H groups in total. The molecule has 1 aromatic rings. The number of hydrogen-bond donors (Lipinski definition) is 1. The second-order valence-electron chi connectivity index (χ2n) is 3.25. The van der Waals surface area contributed by atoms with Crippen LogP contribution in [0, 0.1) is 0 Å². The van der Waals surface area contributed by atoms with Crippen molar-refractivity contribution in [2.24, 2.45) is 5.73 Å². The summed E-state index contributed by atoms with van der Waals surface area (Å²) in [4.78, 5) is 10.8. The topological polar surface area (TPSA) is 52.3 Å². The zero-order valence-corrected chi connectivity index (χ0v) is 8.49. The first kappa shape index (κ1) is 10.7. The molecule has 1 rings (SSSR count). The highest BCUT2D eigenvalue weighted by Crippen LogP contribution is 2.22. The Bertz CT molecular complexity index is 323.